The van der Waals surface area contributed by atoms with Gasteiger partial charge in [0.05, 0.1) is 6.10 Å². The Balaban J connectivity index is 2.01. The summed E-state index contributed by atoms with van der Waals surface area (Å²) in [7, 11) is 0. The van der Waals surface area contributed by atoms with Gasteiger partial charge in [0.25, 0.3) is 0 Å². The number of fused-ring (bicyclic) bond motifs is 1. The first-order valence-electron chi connectivity index (χ1n) is 5.21. The molecule has 1 heteroatoms. The predicted molar refractivity (Wildman–Crippen MR) is 49.8 cm³/mol. The first kappa shape index (κ1) is 8.31. The van der Waals surface area contributed by atoms with Crippen molar-refractivity contribution in [3.63, 3.8) is 0 Å². The maximum atomic E-state index is 9.52. The van der Waals surface area contributed by atoms with Gasteiger partial charge in [-0.05, 0) is 50.4 Å². The molecule has 0 aromatic heterocycles. The summed E-state index contributed by atoms with van der Waals surface area (Å²) in [5, 5.41) is 9.52. The molecule has 0 aromatic rings. The van der Waals surface area contributed by atoms with Crippen LogP contribution in [0.25, 0.3) is 0 Å². The van der Waals surface area contributed by atoms with Crippen LogP contribution in [0.15, 0.2) is 12.2 Å². The molecule has 0 radical (unpaired) electrons. The van der Waals surface area contributed by atoms with Crippen LogP contribution < -0.4 is 0 Å². The highest BCUT2D eigenvalue weighted by Crippen LogP contribution is 2.36. The molecule has 1 unspecified atom stereocenters. The molecule has 2 rings (SSSR count). The van der Waals surface area contributed by atoms with E-state index in [9.17, 15) is 5.11 Å². The molecule has 1 nitrogen and oxygen atoms in total. The molecule has 0 heterocycles. The number of hydrogen-bond donors (Lipinski definition) is 1. The van der Waals surface area contributed by atoms with Crippen LogP contribution in [0, 0.1) is 11.8 Å². The summed E-state index contributed by atoms with van der Waals surface area (Å²) < 4.78 is 0. The Labute approximate surface area is 74.5 Å². The summed E-state index contributed by atoms with van der Waals surface area (Å²) in [5.74, 6) is 1.57. The maximum Gasteiger partial charge on any atom is 0.0543 e. The van der Waals surface area contributed by atoms with Gasteiger partial charge in [0.15, 0.2) is 0 Å². The van der Waals surface area contributed by atoms with Crippen molar-refractivity contribution in [2.45, 2.75) is 44.6 Å². The Morgan fingerprint density at radius 3 is 3.00 bits per heavy atom. The highest BCUT2D eigenvalue weighted by atomic mass is 16.3. The van der Waals surface area contributed by atoms with E-state index in [2.05, 4.69) is 12.2 Å². The lowest BCUT2D eigenvalue weighted by Gasteiger charge is -2.31. The molecule has 0 aromatic carbocycles. The summed E-state index contributed by atoms with van der Waals surface area (Å²) in [4.78, 5) is 0. The molecule has 1 N–H and O–H groups in total. The van der Waals surface area contributed by atoms with Crippen LogP contribution in [0.4, 0.5) is 0 Å². The molecule has 0 aliphatic heterocycles. The van der Waals surface area contributed by atoms with Gasteiger partial charge in [0.1, 0.15) is 0 Å². The zero-order valence-corrected chi connectivity index (χ0v) is 7.58. The van der Waals surface area contributed by atoms with Crippen molar-refractivity contribution in [2.75, 3.05) is 0 Å². The minimum Gasteiger partial charge on any atom is -0.393 e. The molecule has 0 spiro atoms. The van der Waals surface area contributed by atoms with Crippen LogP contribution in [-0.4, -0.2) is 11.2 Å². The smallest absolute Gasteiger partial charge is 0.0543 e. The van der Waals surface area contributed by atoms with Gasteiger partial charge < -0.3 is 5.11 Å². The van der Waals surface area contributed by atoms with E-state index >= 15 is 0 Å². The number of aliphatic hydroxyl groups excluding tert-OH is 1. The van der Waals surface area contributed by atoms with Crippen molar-refractivity contribution >= 4 is 0 Å². The molecule has 68 valence electrons. The van der Waals surface area contributed by atoms with E-state index in [4.69, 9.17) is 0 Å². The molecule has 0 saturated heterocycles. The van der Waals surface area contributed by atoms with Crippen molar-refractivity contribution < 1.29 is 5.11 Å². The minimum atomic E-state index is -0.00208. The number of aliphatic hydroxyl groups is 1. The first-order valence-corrected chi connectivity index (χ1v) is 5.21. The fraction of sp³-hybridized carbons (Fsp3) is 0.818. The second-order valence-electron chi connectivity index (χ2n) is 4.25. The van der Waals surface area contributed by atoms with Gasteiger partial charge >= 0.3 is 0 Å². The monoisotopic (exact) mass is 166 g/mol. The average Bonchev–Trinajstić information content (AvgIpc) is 2.28. The largest absolute Gasteiger partial charge is 0.393 e. The minimum absolute atomic E-state index is 0.00208. The maximum absolute atomic E-state index is 9.52. The summed E-state index contributed by atoms with van der Waals surface area (Å²) in [5.41, 5.74) is 0. The molecule has 3 atom stereocenters. The van der Waals surface area contributed by atoms with E-state index < -0.39 is 0 Å². The van der Waals surface area contributed by atoms with Crippen LogP contribution in [-0.2, 0) is 0 Å². The first-order chi connectivity index (χ1) is 5.86. The molecular formula is C11H18O. The van der Waals surface area contributed by atoms with E-state index in [0.29, 0.717) is 0 Å². The molecule has 2 aliphatic carbocycles. The third-order valence-electron chi connectivity index (χ3n) is 3.34. The lowest BCUT2D eigenvalue weighted by atomic mass is 9.76. The molecule has 1 saturated carbocycles. The second-order valence-corrected chi connectivity index (χ2v) is 4.25. The van der Waals surface area contributed by atoms with Gasteiger partial charge in [0.2, 0.25) is 0 Å². The van der Waals surface area contributed by atoms with Gasteiger partial charge in [-0.15, -0.1) is 0 Å². The molecule has 1 fully saturated rings. The van der Waals surface area contributed by atoms with Gasteiger partial charge in [-0.1, -0.05) is 12.2 Å². The van der Waals surface area contributed by atoms with Gasteiger partial charge in [0, 0.05) is 0 Å². The van der Waals surface area contributed by atoms with Crippen LogP contribution >= 0.6 is 0 Å². The third kappa shape index (κ3) is 1.71. The van der Waals surface area contributed by atoms with E-state index in [1.807, 2.05) is 0 Å². The lowest BCUT2D eigenvalue weighted by Crippen LogP contribution is -2.26. The zero-order valence-electron chi connectivity index (χ0n) is 7.58. The summed E-state index contributed by atoms with van der Waals surface area (Å²) in [6.45, 7) is 0. The van der Waals surface area contributed by atoms with Crippen LogP contribution in [0.5, 0.6) is 0 Å². The Hall–Kier alpha value is -0.300. The van der Waals surface area contributed by atoms with E-state index in [-0.39, 0.29) is 6.10 Å². The Morgan fingerprint density at radius 2 is 2.08 bits per heavy atom. The Bertz CT molecular complexity index is 174. The van der Waals surface area contributed by atoms with Crippen LogP contribution in [0.3, 0.4) is 0 Å². The molecule has 0 bridgehead atoms. The summed E-state index contributed by atoms with van der Waals surface area (Å²) >= 11 is 0. The second kappa shape index (κ2) is 3.61. The van der Waals surface area contributed by atoms with E-state index in [0.717, 1.165) is 24.7 Å². The Kier molecular flexibility index (Phi) is 2.50. The van der Waals surface area contributed by atoms with Gasteiger partial charge in [-0.25, -0.2) is 0 Å². The van der Waals surface area contributed by atoms with Gasteiger partial charge in [-0.3, -0.25) is 0 Å². The Morgan fingerprint density at radius 1 is 1.17 bits per heavy atom. The van der Waals surface area contributed by atoms with E-state index in [1.165, 1.54) is 25.7 Å². The lowest BCUT2D eigenvalue weighted by molar-refractivity contribution is 0.0791. The average molecular weight is 166 g/mol. The molecule has 2 aliphatic rings. The summed E-state index contributed by atoms with van der Waals surface area (Å²) in [6.07, 6.45) is 11.9. The van der Waals surface area contributed by atoms with Crippen molar-refractivity contribution in [2.24, 2.45) is 11.8 Å². The van der Waals surface area contributed by atoms with Crippen LogP contribution in [0.2, 0.25) is 0 Å². The molecular weight excluding hydrogens is 148 g/mol. The fourth-order valence-electron chi connectivity index (χ4n) is 2.62. The van der Waals surface area contributed by atoms with E-state index in [1.54, 1.807) is 0 Å². The number of hydrogen-bond acceptors (Lipinski definition) is 1. The van der Waals surface area contributed by atoms with Crippen LogP contribution in [0.1, 0.15) is 38.5 Å². The fourth-order valence-corrected chi connectivity index (χ4v) is 2.62. The number of allylic oxidation sites excluding steroid dienone is 2. The van der Waals surface area contributed by atoms with Crippen molar-refractivity contribution in [3.8, 4) is 0 Å². The third-order valence-corrected chi connectivity index (χ3v) is 3.34. The quantitative estimate of drug-likeness (QED) is 0.548. The zero-order chi connectivity index (χ0) is 8.39. The highest BCUT2D eigenvalue weighted by Gasteiger charge is 2.28. The molecule has 0 amide bonds. The summed E-state index contributed by atoms with van der Waals surface area (Å²) in [6, 6.07) is 0. The predicted octanol–water partition coefficient (Wildman–Crippen LogP) is 2.50. The SMILES string of the molecule is OC1CC[C@@H]2C=CCCC[C@@H]2C1. The highest BCUT2D eigenvalue weighted by molar-refractivity contribution is 4.97. The normalized spacial score (nSPS) is 41.9. The number of rotatable bonds is 0. The van der Waals surface area contributed by atoms with Crippen molar-refractivity contribution in [1.82, 2.24) is 0 Å². The van der Waals surface area contributed by atoms with Gasteiger partial charge in [-0.2, -0.15) is 0 Å². The van der Waals surface area contributed by atoms with Crippen molar-refractivity contribution in [1.29, 1.82) is 0 Å². The standard InChI is InChI=1S/C11H18O/c12-11-7-6-9-4-2-1-3-5-10(9)8-11/h2,4,9-12H,1,3,5-8H2/t9-,10+,11?/m0/s1. The van der Waals surface area contributed by atoms with Crippen molar-refractivity contribution in [3.05, 3.63) is 12.2 Å². The molecule has 12 heavy (non-hydrogen) atoms. The topological polar surface area (TPSA) is 20.2 Å².